The fraction of sp³-hybridized carbons (Fsp3) is 0.294. The van der Waals surface area contributed by atoms with Gasteiger partial charge in [0.15, 0.2) is 0 Å². The van der Waals surface area contributed by atoms with E-state index < -0.39 is 0 Å². The number of pyridine rings is 1. The molecule has 0 unspecified atom stereocenters. The van der Waals surface area contributed by atoms with E-state index >= 15 is 0 Å². The molecule has 0 radical (unpaired) electrons. The van der Waals surface area contributed by atoms with Crippen molar-refractivity contribution in [3.05, 3.63) is 52.1 Å². The van der Waals surface area contributed by atoms with Gasteiger partial charge in [0.2, 0.25) is 5.91 Å². The van der Waals surface area contributed by atoms with Crippen molar-refractivity contribution in [2.75, 3.05) is 17.2 Å². The number of carbonyl (C=O) groups excluding carboxylic acids is 1. The number of benzene rings is 1. The zero-order chi connectivity index (χ0) is 16.2. The van der Waals surface area contributed by atoms with Crippen LogP contribution in [-0.2, 0) is 11.2 Å². The van der Waals surface area contributed by atoms with E-state index in [1.807, 2.05) is 24.3 Å². The molecule has 1 amide bonds. The fourth-order valence-electron chi connectivity index (χ4n) is 2.21. The van der Waals surface area contributed by atoms with Crippen LogP contribution in [-0.4, -0.2) is 17.4 Å². The van der Waals surface area contributed by atoms with Crippen molar-refractivity contribution in [1.29, 1.82) is 0 Å². The van der Waals surface area contributed by atoms with Gasteiger partial charge in [0.25, 0.3) is 0 Å². The first-order valence-corrected chi connectivity index (χ1v) is 8.32. The molecule has 4 nitrogen and oxygen atoms in total. The summed E-state index contributed by atoms with van der Waals surface area (Å²) in [5.41, 5.74) is 1.77. The van der Waals surface area contributed by atoms with Crippen LogP contribution in [0.2, 0.25) is 10.0 Å². The molecular formula is C17H17Cl2N3O. The van der Waals surface area contributed by atoms with E-state index in [2.05, 4.69) is 15.6 Å². The first-order valence-electron chi connectivity index (χ1n) is 7.56. The van der Waals surface area contributed by atoms with Crippen molar-refractivity contribution >= 4 is 40.6 Å². The molecule has 6 heteroatoms. The largest absolute Gasteiger partial charge is 0.370 e. The van der Waals surface area contributed by atoms with Gasteiger partial charge in [-0.15, -0.1) is 0 Å². The van der Waals surface area contributed by atoms with Gasteiger partial charge in [0.1, 0.15) is 5.82 Å². The molecule has 23 heavy (non-hydrogen) atoms. The number of nitrogens with one attached hydrogen (secondary N) is 2. The average Bonchev–Trinajstić information content (AvgIpc) is 3.36. The molecule has 1 aromatic carbocycles. The van der Waals surface area contributed by atoms with E-state index in [1.165, 1.54) is 0 Å². The standard InChI is InChI=1S/C17H17Cl2N3O/c18-13-4-3-11(15(19)9-13)7-8-20-16-6-5-14(10-21-16)22-17(23)12-1-2-12/h3-6,9-10,12H,1-2,7-8H2,(H,20,21)(H,22,23). The Bertz CT molecular complexity index is 699. The minimum Gasteiger partial charge on any atom is -0.370 e. The van der Waals surface area contributed by atoms with E-state index in [0.29, 0.717) is 16.6 Å². The lowest BCUT2D eigenvalue weighted by atomic mass is 10.1. The number of halogens is 2. The molecule has 0 spiro atoms. The Morgan fingerprint density at radius 3 is 2.70 bits per heavy atom. The van der Waals surface area contributed by atoms with Gasteiger partial charge in [0.05, 0.1) is 11.9 Å². The van der Waals surface area contributed by atoms with Crippen LogP contribution in [0.3, 0.4) is 0 Å². The minimum absolute atomic E-state index is 0.0879. The number of amides is 1. The lowest BCUT2D eigenvalue weighted by Crippen LogP contribution is -2.13. The van der Waals surface area contributed by atoms with Crippen LogP contribution in [0, 0.1) is 5.92 Å². The second-order valence-electron chi connectivity index (χ2n) is 5.61. The van der Waals surface area contributed by atoms with Crippen molar-refractivity contribution < 1.29 is 4.79 Å². The highest BCUT2D eigenvalue weighted by atomic mass is 35.5. The van der Waals surface area contributed by atoms with Crippen molar-refractivity contribution in [3.63, 3.8) is 0 Å². The third-order valence-electron chi connectivity index (χ3n) is 3.69. The lowest BCUT2D eigenvalue weighted by Gasteiger charge is -2.08. The SMILES string of the molecule is O=C(Nc1ccc(NCCc2ccc(Cl)cc2Cl)nc1)C1CC1. The smallest absolute Gasteiger partial charge is 0.227 e. The highest BCUT2D eigenvalue weighted by Crippen LogP contribution is 2.30. The van der Waals surface area contributed by atoms with Gasteiger partial charge in [-0.25, -0.2) is 4.98 Å². The quantitative estimate of drug-likeness (QED) is 0.812. The van der Waals surface area contributed by atoms with Gasteiger partial charge in [0, 0.05) is 22.5 Å². The van der Waals surface area contributed by atoms with Gasteiger partial charge in [-0.1, -0.05) is 29.3 Å². The number of aromatic nitrogens is 1. The molecule has 3 rings (SSSR count). The van der Waals surface area contributed by atoms with E-state index in [9.17, 15) is 4.79 Å². The first-order chi connectivity index (χ1) is 11.1. The van der Waals surface area contributed by atoms with Crippen LogP contribution in [0.1, 0.15) is 18.4 Å². The van der Waals surface area contributed by atoms with E-state index in [4.69, 9.17) is 23.2 Å². The zero-order valence-electron chi connectivity index (χ0n) is 12.5. The molecule has 120 valence electrons. The Balaban J connectivity index is 1.49. The maximum Gasteiger partial charge on any atom is 0.227 e. The van der Waals surface area contributed by atoms with Crippen molar-refractivity contribution in [3.8, 4) is 0 Å². The summed E-state index contributed by atoms with van der Waals surface area (Å²) in [5.74, 6) is 1.04. The van der Waals surface area contributed by atoms with E-state index in [0.717, 1.165) is 36.3 Å². The van der Waals surface area contributed by atoms with Crippen LogP contribution in [0.5, 0.6) is 0 Å². The molecule has 0 bridgehead atoms. The summed E-state index contributed by atoms with van der Waals surface area (Å²) in [6, 6.07) is 9.21. The van der Waals surface area contributed by atoms with Crippen LogP contribution < -0.4 is 10.6 Å². The summed E-state index contributed by atoms with van der Waals surface area (Å²) in [6.45, 7) is 0.710. The maximum atomic E-state index is 11.7. The predicted octanol–water partition coefficient (Wildman–Crippen LogP) is 4.39. The van der Waals surface area contributed by atoms with Crippen LogP contribution >= 0.6 is 23.2 Å². The van der Waals surface area contributed by atoms with E-state index in [-0.39, 0.29) is 11.8 Å². The molecule has 1 aliphatic rings. The van der Waals surface area contributed by atoms with Crippen LogP contribution in [0.25, 0.3) is 0 Å². The van der Waals surface area contributed by atoms with Crippen molar-refractivity contribution in [1.82, 2.24) is 4.98 Å². The van der Waals surface area contributed by atoms with Crippen LogP contribution in [0.4, 0.5) is 11.5 Å². The van der Waals surface area contributed by atoms with E-state index in [1.54, 1.807) is 12.3 Å². The number of nitrogens with zero attached hydrogens (tertiary/aromatic N) is 1. The summed E-state index contributed by atoms with van der Waals surface area (Å²) >= 11 is 12.0. The van der Waals surface area contributed by atoms with Crippen molar-refractivity contribution in [2.24, 2.45) is 5.92 Å². The van der Waals surface area contributed by atoms with Crippen molar-refractivity contribution in [2.45, 2.75) is 19.3 Å². The first kappa shape index (κ1) is 16.1. The number of rotatable bonds is 6. The second kappa shape index (κ2) is 7.20. The third-order valence-corrected chi connectivity index (χ3v) is 4.28. The molecule has 1 aromatic heterocycles. The monoisotopic (exact) mass is 349 g/mol. The Morgan fingerprint density at radius 1 is 1.22 bits per heavy atom. The maximum absolute atomic E-state index is 11.7. The molecule has 1 fully saturated rings. The predicted molar refractivity (Wildman–Crippen MR) is 94.2 cm³/mol. The molecule has 2 aromatic rings. The van der Waals surface area contributed by atoms with Crippen LogP contribution in [0.15, 0.2) is 36.5 Å². The number of hydrogen-bond acceptors (Lipinski definition) is 3. The zero-order valence-corrected chi connectivity index (χ0v) is 14.0. The van der Waals surface area contributed by atoms with Gasteiger partial charge < -0.3 is 10.6 Å². The average molecular weight is 350 g/mol. The molecule has 1 aliphatic carbocycles. The Morgan fingerprint density at radius 2 is 2.04 bits per heavy atom. The van der Waals surface area contributed by atoms with Gasteiger partial charge in [-0.05, 0) is 49.1 Å². The normalized spacial score (nSPS) is 13.7. The van der Waals surface area contributed by atoms with Gasteiger partial charge in [-0.3, -0.25) is 4.79 Å². The Kier molecular flexibility index (Phi) is 5.03. The molecular weight excluding hydrogens is 333 g/mol. The highest BCUT2D eigenvalue weighted by Gasteiger charge is 2.29. The molecule has 0 atom stereocenters. The summed E-state index contributed by atoms with van der Waals surface area (Å²) in [4.78, 5) is 16.0. The Hall–Kier alpha value is -1.78. The molecule has 1 saturated carbocycles. The minimum atomic E-state index is 0.0879. The molecule has 2 N–H and O–H groups in total. The second-order valence-corrected chi connectivity index (χ2v) is 6.45. The van der Waals surface area contributed by atoms with Gasteiger partial charge >= 0.3 is 0 Å². The summed E-state index contributed by atoms with van der Waals surface area (Å²) in [7, 11) is 0. The topological polar surface area (TPSA) is 54.0 Å². The summed E-state index contributed by atoms with van der Waals surface area (Å²) in [5, 5.41) is 7.41. The van der Waals surface area contributed by atoms with Gasteiger partial charge in [-0.2, -0.15) is 0 Å². The number of carbonyl (C=O) groups is 1. The molecule has 0 saturated heterocycles. The fourth-order valence-corrected chi connectivity index (χ4v) is 2.71. The molecule has 0 aliphatic heterocycles. The number of anilines is 2. The molecule has 1 heterocycles. The summed E-state index contributed by atoms with van der Waals surface area (Å²) < 4.78 is 0. The number of hydrogen-bond donors (Lipinski definition) is 2. The lowest BCUT2D eigenvalue weighted by molar-refractivity contribution is -0.117. The highest BCUT2D eigenvalue weighted by molar-refractivity contribution is 6.35. The summed E-state index contributed by atoms with van der Waals surface area (Å²) in [6.07, 6.45) is 4.42. The Labute approximate surface area is 145 Å². The third kappa shape index (κ3) is 4.60.